The van der Waals surface area contributed by atoms with Crippen LogP contribution in [0, 0.1) is 0 Å². The zero-order chi connectivity index (χ0) is 26.7. The summed E-state index contributed by atoms with van der Waals surface area (Å²) in [6, 6.07) is 17.9. The number of carbonyl (C=O) groups is 2. The molecule has 0 bridgehead atoms. The van der Waals surface area contributed by atoms with Gasteiger partial charge >= 0.3 is 6.09 Å². The number of amides is 2. The van der Waals surface area contributed by atoms with Gasteiger partial charge in [-0.05, 0) is 42.4 Å². The highest BCUT2D eigenvalue weighted by Crippen LogP contribution is 2.38. The third-order valence-electron chi connectivity index (χ3n) is 7.30. The number of hydrogen-bond donors (Lipinski definition) is 1. The SMILES string of the molecule is CSc1ncc2c(n1)N(C)CCN(c1cccc(COC3(c4ccccc4)CCN(C(=O)O)CC3)c1)C2=O. The molecule has 1 saturated heterocycles. The van der Waals surface area contributed by atoms with Gasteiger partial charge in [-0.15, -0.1) is 0 Å². The van der Waals surface area contributed by atoms with Crippen LogP contribution in [0.4, 0.5) is 16.3 Å². The monoisotopic (exact) mass is 533 g/mol. The maximum Gasteiger partial charge on any atom is 0.407 e. The number of carboxylic acid groups (broad SMARTS) is 1. The van der Waals surface area contributed by atoms with Crippen LogP contribution >= 0.6 is 11.8 Å². The van der Waals surface area contributed by atoms with Gasteiger partial charge in [0, 0.05) is 45.1 Å². The van der Waals surface area contributed by atoms with Gasteiger partial charge in [0.2, 0.25) is 0 Å². The number of nitrogens with zero attached hydrogens (tertiary/aromatic N) is 5. The van der Waals surface area contributed by atoms with E-state index in [0.29, 0.717) is 62.2 Å². The molecule has 2 aliphatic rings. The number of likely N-dealkylation sites (N-methyl/N-ethyl adjacent to an activating group) is 1. The van der Waals surface area contributed by atoms with E-state index in [2.05, 4.69) is 9.97 Å². The van der Waals surface area contributed by atoms with E-state index >= 15 is 0 Å². The standard InChI is InChI=1S/C28H31N5O4S/c1-31-15-16-33(25(34)23-18-29-26(38-2)30-24(23)31)22-10-6-7-20(17-22)19-37-28(21-8-4-3-5-9-21)11-13-32(14-12-28)27(35)36/h3-10,17-18H,11-16,19H2,1-2H3,(H,35,36). The Hall–Kier alpha value is -3.63. The first-order valence-electron chi connectivity index (χ1n) is 12.6. The Morgan fingerprint density at radius 3 is 2.55 bits per heavy atom. The molecule has 1 aromatic heterocycles. The first-order chi connectivity index (χ1) is 18.4. The van der Waals surface area contributed by atoms with Crippen LogP contribution in [0.3, 0.4) is 0 Å². The number of likely N-dealkylation sites (tertiary alicyclic amines) is 1. The van der Waals surface area contributed by atoms with E-state index in [1.54, 1.807) is 11.1 Å². The Morgan fingerprint density at radius 1 is 1.08 bits per heavy atom. The third-order valence-corrected chi connectivity index (χ3v) is 7.87. The van der Waals surface area contributed by atoms with E-state index in [-0.39, 0.29) is 5.91 Å². The molecule has 0 spiro atoms. The Morgan fingerprint density at radius 2 is 1.84 bits per heavy atom. The fourth-order valence-electron chi connectivity index (χ4n) is 5.10. The summed E-state index contributed by atoms with van der Waals surface area (Å²) in [4.78, 5) is 39.2. The largest absolute Gasteiger partial charge is 0.465 e. The maximum absolute atomic E-state index is 13.5. The van der Waals surface area contributed by atoms with Gasteiger partial charge in [-0.25, -0.2) is 14.8 Å². The van der Waals surface area contributed by atoms with Crippen LogP contribution < -0.4 is 9.80 Å². The van der Waals surface area contributed by atoms with Gasteiger partial charge in [-0.3, -0.25) is 4.79 Å². The van der Waals surface area contributed by atoms with Crippen LogP contribution in [-0.2, 0) is 16.9 Å². The van der Waals surface area contributed by atoms with Gasteiger partial charge < -0.3 is 24.5 Å². The zero-order valence-corrected chi connectivity index (χ0v) is 22.4. The molecule has 1 N–H and O–H groups in total. The topological polar surface area (TPSA) is 99.1 Å². The predicted molar refractivity (Wildman–Crippen MR) is 147 cm³/mol. The fourth-order valence-corrected chi connectivity index (χ4v) is 5.44. The number of ether oxygens (including phenoxy) is 1. The second kappa shape index (κ2) is 11.0. The molecule has 0 aliphatic carbocycles. The number of thioether (sulfide) groups is 1. The average molecular weight is 534 g/mol. The molecule has 38 heavy (non-hydrogen) atoms. The van der Waals surface area contributed by atoms with Crippen molar-refractivity contribution in [2.24, 2.45) is 0 Å². The minimum atomic E-state index is -0.899. The van der Waals surface area contributed by atoms with Crippen molar-refractivity contribution in [1.29, 1.82) is 0 Å². The molecule has 198 valence electrons. The number of carbonyl (C=O) groups excluding carboxylic acids is 1. The highest BCUT2D eigenvalue weighted by molar-refractivity contribution is 7.98. The van der Waals surface area contributed by atoms with Gasteiger partial charge in [-0.1, -0.05) is 54.2 Å². The summed E-state index contributed by atoms with van der Waals surface area (Å²) in [5, 5.41) is 10.1. The second-order valence-corrected chi connectivity index (χ2v) is 10.3. The number of rotatable bonds is 6. The number of fused-ring (bicyclic) bond motifs is 1. The Bertz CT molecular complexity index is 1310. The van der Waals surface area contributed by atoms with Crippen LogP contribution in [0.2, 0.25) is 0 Å². The van der Waals surface area contributed by atoms with E-state index in [4.69, 9.17) is 4.74 Å². The number of aromatic nitrogens is 2. The number of anilines is 2. The Kier molecular flexibility index (Phi) is 7.53. The summed E-state index contributed by atoms with van der Waals surface area (Å²) in [6.07, 6.45) is 3.79. The van der Waals surface area contributed by atoms with Gasteiger partial charge in [0.05, 0.1) is 12.2 Å². The normalized spacial score (nSPS) is 17.2. The molecule has 0 saturated carbocycles. The summed E-state index contributed by atoms with van der Waals surface area (Å²) >= 11 is 1.45. The quantitative estimate of drug-likeness (QED) is 0.366. The van der Waals surface area contributed by atoms with Gasteiger partial charge in [0.15, 0.2) is 5.16 Å². The van der Waals surface area contributed by atoms with Crippen LogP contribution in [0.15, 0.2) is 66.0 Å². The van der Waals surface area contributed by atoms with Crippen molar-refractivity contribution in [3.05, 3.63) is 77.5 Å². The lowest BCUT2D eigenvalue weighted by atomic mass is 9.84. The molecule has 3 heterocycles. The van der Waals surface area contributed by atoms with Crippen molar-refractivity contribution in [3.63, 3.8) is 0 Å². The second-order valence-electron chi connectivity index (χ2n) is 9.56. The van der Waals surface area contributed by atoms with Crippen LogP contribution in [-0.4, -0.2) is 71.5 Å². The molecule has 0 atom stereocenters. The lowest BCUT2D eigenvalue weighted by molar-refractivity contribution is -0.0959. The number of hydrogen-bond acceptors (Lipinski definition) is 7. The van der Waals surface area contributed by atoms with Gasteiger partial charge in [-0.2, -0.15) is 0 Å². The van der Waals surface area contributed by atoms with Gasteiger partial charge in [0.1, 0.15) is 11.4 Å². The van der Waals surface area contributed by atoms with Crippen LogP contribution in [0.1, 0.15) is 34.3 Å². The highest BCUT2D eigenvalue weighted by atomic mass is 32.2. The molecule has 2 aliphatic heterocycles. The summed E-state index contributed by atoms with van der Waals surface area (Å²) in [5.74, 6) is 0.519. The smallest absolute Gasteiger partial charge is 0.407 e. The van der Waals surface area contributed by atoms with Crippen LogP contribution in [0.5, 0.6) is 0 Å². The molecule has 2 amide bonds. The lowest BCUT2D eigenvalue weighted by Gasteiger charge is -2.41. The zero-order valence-electron chi connectivity index (χ0n) is 21.5. The fraction of sp³-hybridized carbons (Fsp3) is 0.357. The van der Waals surface area contributed by atoms with Crippen molar-refractivity contribution in [2.75, 3.05) is 49.3 Å². The van der Waals surface area contributed by atoms with E-state index in [9.17, 15) is 14.7 Å². The van der Waals surface area contributed by atoms with E-state index in [1.165, 1.54) is 16.7 Å². The van der Waals surface area contributed by atoms with Crippen molar-refractivity contribution in [2.45, 2.75) is 30.2 Å². The molecule has 5 rings (SSSR count). The van der Waals surface area contributed by atoms with Crippen molar-refractivity contribution >= 4 is 35.3 Å². The van der Waals surface area contributed by atoms with E-state index < -0.39 is 11.7 Å². The molecular formula is C28H31N5O4S. The number of piperidine rings is 1. The first-order valence-corrected chi connectivity index (χ1v) is 13.8. The molecule has 2 aromatic carbocycles. The summed E-state index contributed by atoms with van der Waals surface area (Å²) in [6.45, 7) is 2.33. The van der Waals surface area contributed by atoms with Crippen molar-refractivity contribution < 1.29 is 19.4 Å². The minimum Gasteiger partial charge on any atom is -0.465 e. The molecule has 10 heteroatoms. The molecular weight excluding hydrogens is 502 g/mol. The predicted octanol–water partition coefficient (Wildman–Crippen LogP) is 4.48. The summed E-state index contributed by atoms with van der Waals surface area (Å²) in [7, 11) is 1.94. The molecule has 1 fully saturated rings. The Balaban J connectivity index is 1.37. The minimum absolute atomic E-state index is 0.128. The molecule has 0 unspecified atom stereocenters. The van der Waals surface area contributed by atoms with Crippen molar-refractivity contribution in [1.82, 2.24) is 14.9 Å². The van der Waals surface area contributed by atoms with Crippen LogP contribution in [0.25, 0.3) is 0 Å². The number of benzene rings is 2. The third kappa shape index (κ3) is 5.19. The van der Waals surface area contributed by atoms with Crippen molar-refractivity contribution in [3.8, 4) is 0 Å². The average Bonchev–Trinajstić information content (AvgIpc) is 3.08. The van der Waals surface area contributed by atoms with E-state index in [0.717, 1.165) is 16.8 Å². The summed E-state index contributed by atoms with van der Waals surface area (Å²) in [5.41, 5.74) is 2.69. The highest BCUT2D eigenvalue weighted by Gasteiger charge is 2.38. The lowest BCUT2D eigenvalue weighted by Crippen LogP contribution is -2.46. The molecule has 0 radical (unpaired) electrons. The maximum atomic E-state index is 13.5. The molecule has 9 nitrogen and oxygen atoms in total. The van der Waals surface area contributed by atoms with E-state index in [1.807, 2.05) is 72.8 Å². The summed E-state index contributed by atoms with van der Waals surface area (Å²) < 4.78 is 6.61. The van der Waals surface area contributed by atoms with Gasteiger partial charge in [0.25, 0.3) is 5.91 Å². The first kappa shape index (κ1) is 26.0. The molecule has 3 aromatic rings. The Labute approximate surface area is 226 Å².